The number of imidazole rings is 1. The lowest BCUT2D eigenvalue weighted by molar-refractivity contribution is -0.579. The highest BCUT2D eigenvalue weighted by atomic mass is 16.5. The maximum Gasteiger partial charge on any atom is 0.351 e. The normalized spacial score (nSPS) is 10.6. The van der Waals surface area contributed by atoms with Crippen LogP contribution >= 0.6 is 0 Å². The first kappa shape index (κ1) is 6.15. The summed E-state index contributed by atoms with van der Waals surface area (Å²) in [7, 11) is 1.86. The van der Waals surface area contributed by atoms with Crippen LogP contribution in [0.2, 0.25) is 0 Å². The average Bonchev–Trinajstić information content (AvgIpc) is 2.35. The first-order valence-electron chi connectivity index (χ1n) is 3.28. The number of aryl methyl sites for hydroxylation is 1. The van der Waals surface area contributed by atoms with Crippen LogP contribution in [0.1, 0.15) is 0 Å². The SMILES string of the molecule is Cn1cnc2c1ccc[n+]2[O-]. The van der Waals surface area contributed by atoms with Gasteiger partial charge < -0.3 is 9.77 Å². The lowest BCUT2D eigenvalue weighted by Gasteiger charge is -1.98. The second-order valence-electron chi connectivity index (χ2n) is 2.40. The van der Waals surface area contributed by atoms with E-state index in [0.717, 1.165) is 10.2 Å². The summed E-state index contributed by atoms with van der Waals surface area (Å²) >= 11 is 0. The van der Waals surface area contributed by atoms with Gasteiger partial charge in [0.25, 0.3) is 0 Å². The van der Waals surface area contributed by atoms with Gasteiger partial charge >= 0.3 is 5.65 Å². The molecule has 0 saturated heterocycles. The van der Waals surface area contributed by atoms with Crippen molar-refractivity contribution in [3.8, 4) is 0 Å². The van der Waals surface area contributed by atoms with Crippen LogP contribution in [-0.4, -0.2) is 9.55 Å². The van der Waals surface area contributed by atoms with Gasteiger partial charge in [-0.05, 0) is 17.1 Å². The van der Waals surface area contributed by atoms with Crippen molar-refractivity contribution in [3.63, 3.8) is 0 Å². The molecule has 4 heteroatoms. The van der Waals surface area contributed by atoms with Crippen LogP contribution in [0.15, 0.2) is 24.7 Å². The highest BCUT2D eigenvalue weighted by Gasteiger charge is 2.06. The summed E-state index contributed by atoms with van der Waals surface area (Å²) in [4.78, 5) is 3.93. The maximum atomic E-state index is 11.0. The Morgan fingerprint density at radius 1 is 1.64 bits per heavy atom. The number of nitrogens with zero attached hydrogens (tertiary/aromatic N) is 3. The van der Waals surface area contributed by atoms with Gasteiger partial charge in [-0.3, -0.25) is 0 Å². The minimum Gasteiger partial charge on any atom is -0.710 e. The first-order chi connectivity index (χ1) is 5.29. The van der Waals surface area contributed by atoms with E-state index >= 15 is 0 Å². The third-order valence-electron chi connectivity index (χ3n) is 1.65. The number of aromatic nitrogens is 3. The largest absolute Gasteiger partial charge is 0.710 e. The monoisotopic (exact) mass is 149 g/mol. The zero-order valence-corrected chi connectivity index (χ0v) is 6.06. The quantitative estimate of drug-likeness (QED) is 0.397. The Hall–Kier alpha value is -1.58. The van der Waals surface area contributed by atoms with Crippen molar-refractivity contribution in [1.82, 2.24) is 9.55 Å². The van der Waals surface area contributed by atoms with Gasteiger partial charge in [-0.1, -0.05) is 0 Å². The summed E-state index contributed by atoms with van der Waals surface area (Å²) in [5.74, 6) is 0. The van der Waals surface area contributed by atoms with Crippen LogP contribution in [0.25, 0.3) is 11.2 Å². The van der Waals surface area contributed by atoms with E-state index < -0.39 is 0 Å². The molecule has 4 nitrogen and oxygen atoms in total. The number of hydrogen-bond acceptors (Lipinski definition) is 2. The molecule has 0 aromatic carbocycles. The fraction of sp³-hybridized carbons (Fsp3) is 0.143. The summed E-state index contributed by atoms with van der Waals surface area (Å²) in [6.07, 6.45) is 3.06. The Bertz CT molecular complexity index is 393. The molecule has 0 aliphatic heterocycles. The molecule has 0 N–H and O–H groups in total. The van der Waals surface area contributed by atoms with Crippen LogP contribution in [0, 0.1) is 5.21 Å². The molecule has 0 atom stereocenters. The molecule has 2 aromatic heterocycles. The lowest BCUT2D eigenvalue weighted by atomic mass is 10.4. The first-order valence-corrected chi connectivity index (χ1v) is 3.28. The molecule has 0 saturated carbocycles. The van der Waals surface area contributed by atoms with E-state index in [2.05, 4.69) is 4.98 Å². The summed E-state index contributed by atoms with van der Waals surface area (Å²) in [6.45, 7) is 0. The van der Waals surface area contributed by atoms with Gasteiger partial charge in [0.1, 0.15) is 5.52 Å². The molecule has 11 heavy (non-hydrogen) atoms. The van der Waals surface area contributed by atoms with Crippen molar-refractivity contribution in [3.05, 3.63) is 29.9 Å². The predicted molar refractivity (Wildman–Crippen MR) is 39.7 cm³/mol. The fourth-order valence-corrected chi connectivity index (χ4v) is 1.07. The standard InChI is InChI=1S/C7H7N3O/c1-9-5-8-7-6(9)3-2-4-10(7)11/h2-5H,1H3. The molecule has 0 aliphatic rings. The molecule has 2 heterocycles. The number of fused-ring (bicyclic) bond motifs is 1. The van der Waals surface area contributed by atoms with Gasteiger partial charge in [0.05, 0.1) is 6.20 Å². The Balaban J connectivity index is 2.94. The van der Waals surface area contributed by atoms with E-state index in [1.165, 1.54) is 6.20 Å². The van der Waals surface area contributed by atoms with Crippen molar-refractivity contribution in [1.29, 1.82) is 0 Å². The minimum atomic E-state index is 0.468. The van der Waals surface area contributed by atoms with Crippen molar-refractivity contribution >= 4 is 11.2 Å². The number of hydrogen-bond donors (Lipinski definition) is 0. The minimum absolute atomic E-state index is 0.468. The van der Waals surface area contributed by atoms with Crippen molar-refractivity contribution in [2.45, 2.75) is 0 Å². The van der Waals surface area contributed by atoms with Gasteiger partial charge in [0.15, 0.2) is 0 Å². The molecule has 0 aliphatic carbocycles. The van der Waals surface area contributed by atoms with Gasteiger partial charge in [0, 0.05) is 7.05 Å². The average molecular weight is 149 g/mol. The third-order valence-corrected chi connectivity index (χ3v) is 1.65. The molecular weight excluding hydrogens is 142 g/mol. The zero-order valence-electron chi connectivity index (χ0n) is 6.06. The van der Waals surface area contributed by atoms with Crippen molar-refractivity contribution < 1.29 is 4.73 Å². The molecule has 0 amide bonds. The summed E-state index contributed by atoms with van der Waals surface area (Å²) in [5.41, 5.74) is 1.32. The highest BCUT2D eigenvalue weighted by Crippen LogP contribution is 2.04. The Labute approximate surface area is 63.3 Å². The molecule has 0 fully saturated rings. The van der Waals surface area contributed by atoms with E-state index in [1.807, 2.05) is 17.7 Å². The van der Waals surface area contributed by atoms with Crippen LogP contribution in [0.3, 0.4) is 0 Å². The Morgan fingerprint density at radius 3 is 3.18 bits per heavy atom. The van der Waals surface area contributed by atoms with Gasteiger partial charge in [0.2, 0.25) is 6.33 Å². The van der Waals surface area contributed by atoms with Crippen LogP contribution in [0.4, 0.5) is 0 Å². The lowest BCUT2D eigenvalue weighted by Crippen LogP contribution is -2.26. The summed E-state index contributed by atoms with van der Waals surface area (Å²) in [6, 6.07) is 3.56. The van der Waals surface area contributed by atoms with E-state index in [4.69, 9.17) is 0 Å². The number of pyridine rings is 1. The molecule has 0 radical (unpaired) electrons. The summed E-state index contributed by atoms with van der Waals surface area (Å²) in [5, 5.41) is 11.0. The van der Waals surface area contributed by atoms with Crippen molar-refractivity contribution in [2.75, 3.05) is 0 Å². The van der Waals surface area contributed by atoms with Gasteiger partial charge in [-0.15, -0.1) is 0 Å². The second-order valence-corrected chi connectivity index (χ2v) is 2.40. The van der Waals surface area contributed by atoms with Crippen LogP contribution in [0.5, 0.6) is 0 Å². The topological polar surface area (TPSA) is 44.8 Å². The second kappa shape index (κ2) is 1.95. The van der Waals surface area contributed by atoms with Crippen LogP contribution < -0.4 is 4.73 Å². The third kappa shape index (κ3) is 0.756. The molecule has 56 valence electrons. The fourth-order valence-electron chi connectivity index (χ4n) is 1.07. The Morgan fingerprint density at radius 2 is 2.45 bits per heavy atom. The maximum absolute atomic E-state index is 11.0. The predicted octanol–water partition coefficient (Wildman–Crippen LogP) is 0.207. The summed E-state index contributed by atoms with van der Waals surface area (Å²) < 4.78 is 2.57. The smallest absolute Gasteiger partial charge is 0.351 e. The van der Waals surface area contributed by atoms with E-state index in [9.17, 15) is 5.21 Å². The molecular formula is C7H7N3O. The molecule has 0 bridgehead atoms. The van der Waals surface area contributed by atoms with E-state index in [1.54, 1.807) is 12.4 Å². The van der Waals surface area contributed by atoms with Gasteiger partial charge in [-0.2, -0.15) is 0 Å². The molecule has 2 rings (SSSR count). The Kier molecular flexibility index (Phi) is 1.09. The highest BCUT2D eigenvalue weighted by molar-refractivity contribution is 5.66. The van der Waals surface area contributed by atoms with E-state index in [-0.39, 0.29) is 0 Å². The van der Waals surface area contributed by atoms with Gasteiger partial charge in [-0.25, -0.2) is 4.73 Å². The van der Waals surface area contributed by atoms with E-state index in [0.29, 0.717) is 5.65 Å². The van der Waals surface area contributed by atoms with Crippen LogP contribution in [-0.2, 0) is 7.05 Å². The van der Waals surface area contributed by atoms with Crippen molar-refractivity contribution in [2.24, 2.45) is 7.05 Å². The zero-order chi connectivity index (χ0) is 7.84. The molecule has 0 spiro atoms. The molecule has 0 unspecified atom stereocenters. The molecule has 2 aromatic rings. The number of rotatable bonds is 0.